The Morgan fingerprint density at radius 2 is 1.97 bits per heavy atom. The Kier molecular flexibility index (Phi) is 7.70. The first-order valence-electron chi connectivity index (χ1n) is 10.4. The van der Waals surface area contributed by atoms with Crippen molar-refractivity contribution in [3.63, 3.8) is 0 Å². The second-order valence-corrected chi connectivity index (χ2v) is 8.68. The molecule has 0 aromatic heterocycles. The Morgan fingerprint density at radius 1 is 1.24 bits per heavy atom. The molecule has 0 saturated carbocycles. The molecule has 3 amide bonds. The second-order valence-electron chi connectivity index (χ2n) is 7.69. The number of rotatable bonds is 9. The highest BCUT2D eigenvalue weighted by Gasteiger charge is 2.42. The summed E-state index contributed by atoms with van der Waals surface area (Å²) in [6.07, 6.45) is 1.32. The second kappa shape index (κ2) is 10.5. The van der Waals surface area contributed by atoms with Gasteiger partial charge in [-0.25, -0.2) is 0 Å². The molecule has 9 nitrogen and oxygen atoms in total. The summed E-state index contributed by atoms with van der Waals surface area (Å²) in [5.74, 6) is 0.0525. The van der Waals surface area contributed by atoms with Crippen LogP contribution in [0.25, 0.3) is 0 Å². The molecule has 2 N–H and O–H groups in total. The molecule has 1 saturated heterocycles. The number of amides is 3. The maximum absolute atomic E-state index is 12.5. The number of nitrogens with one attached hydrogen (secondary N) is 2. The van der Waals surface area contributed by atoms with Crippen LogP contribution in [-0.2, 0) is 25.6 Å². The fourth-order valence-corrected chi connectivity index (χ4v) is 4.64. The van der Waals surface area contributed by atoms with Crippen LogP contribution in [-0.4, -0.2) is 35.5 Å². The van der Waals surface area contributed by atoms with Gasteiger partial charge < -0.3 is 10.1 Å². The summed E-state index contributed by atoms with van der Waals surface area (Å²) in [6, 6.07) is 11.8. The summed E-state index contributed by atoms with van der Waals surface area (Å²) in [5, 5.41) is 16.4. The molecule has 1 aliphatic heterocycles. The molecule has 1 unspecified atom stereocenters. The third kappa shape index (κ3) is 5.51. The van der Waals surface area contributed by atoms with Gasteiger partial charge in [0.1, 0.15) is 0 Å². The van der Waals surface area contributed by atoms with Crippen molar-refractivity contribution in [1.29, 1.82) is 0 Å². The standard InChI is InChI=1S/C23H25N3O6S/c1-3-23(11-10-20(27)25-22(23)29)16-5-7-17(8-6-16)24-21(28)14-33-13-15-4-9-19(32-2)18(12-15)26(30)31/h4-9,12H,3,10-11,13-14H2,1-2H3,(H,24,28)(H,25,27,29). The molecule has 1 aliphatic rings. The topological polar surface area (TPSA) is 128 Å². The summed E-state index contributed by atoms with van der Waals surface area (Å²) in [4.78, 5) is 47.0. The molecule has 2 aromatic rings. The van der Waals surface area contributed by atoms with Gasteiger partial charge in [0, 0.05) is 23.9 Å². The number of anilines is 1. The zero-order valence-corrected chi connectivity index (χ0v) is 19.2. The molecule has 3 rings (SSSR count). The van der Waals surface area contributed by atoms with Crippen molar-refractivity contribution in [3.05, 3.63) is 63.7 Å². The summed E-state index contributed by atoms with van der Waals surface area (Å²) >= 11 is 1.34. The number of ether oxygens (including phenoxy) is 1. The van der Waals surface area contributed by atoms with Crippen LogP contribution in [0.1, 0.15) is 37.3 Å². The number of methoxy groups -OCH3 is 1. The smallest absolute Gasteiger partial charge is 0.311 e. The van der Waals surface area contributed by atoms with Crippen LogP contribution < -0.4 is 15.4 Å². The van der Waals surface area contributed by atoms with E-state index in [9.17, 15) is 24.5 Å². The fourth-order valence-electron chi connectivity index (χ4n) is 3.87. The number of benzene rings is 2. The van der Waals surface area contributed by atoms with Gasteiger partial charge in [-0.1, -0.05) is 25.1 Å². The molecule has 0 bridgehead atoms. The van der Waals surface area contributed by atoms with Gasteiger partial charge in [0.15, 0.2) is 5.75 Å². The van der Waals surface area contributed by atoms with E-state index in [2.05, 4.69) is 10.6 Å². The van der Waals surface area contributed by atoms with Crippen molar-refractivity contribution in [2.45, 2.75) is 37.4 Å². The average Bonchev–Trinajstić information content (AvgIpc) is 2.80. The van der Waals surface area contributed by atoms with E-state index in [1.165, 1.54) is 24.9 Å². The highest BCUT2D eigenvalue weighted by molar-refractivity contribution is 7.99. The van der Waals surface area contributed by atoms with Gasteiger partial charge in [0.25, 0.3) is 0 Å². The third-order valence-electron chi connectivity index (χ3n) is 5.73. The number of hydrogen-bond donors (Lipinski definition) is 2. The summed E-state index contributed by atoms with van der Waals surface area (Å²) < 4.78 is 4.99. The molecule has 0 radical (unpaired) electrons. The van der Waals surface area contributed by atoms with Crippen LogP contribution in [0.2, 0.25) is 0 Å². The van der Waals surface area contributed by atoms with E-state index in [4.69, 9.17) is 4.74 Å². The maximum Gasteiger partial charge on any atom is 0.311 e. The first-order chi connectivity index (χ1) is 15.8. The number of carbonyl (C=O) groups excluding carboxylic acids is 3. The van der Waals surface area contributed by atoms with Crippen LogP contribution >= 0.6 is 11.8 Å². The molecule has 10 heteroatoms. The minimum atomic E-state index is -0.743. The largest absolute Gasteiger partial charge is 0.490 e. The molecule has 0 spiro atoms. The zero-order valence-electron chi connectivity index (χ0n) is 18.4. The third-order valence-corrected chi connectivity index (χ3v) is 6.74. The fraction of sp³-hybridized carbons (Fsp3) is 0.348. The van der Waals surface area contributed by atoms with Gasteiger partial charge in [0.2, 0.25) is 17.7 Å². The van der Waals surface area contributed by atoms with Gasteiger partial charge in [-0.3, -0.25) is 29.8 Å². The lowest BCUT2D eigenvalue weighted by Gasteiger charge is -2.35. The van der Waals surface area contributed by atoms with Crippen LogP contribution in [0.3, 0.4) is 0 Å². The number of hydrogen-bond acceptors (Lipinski definition) is 7. The number of nitro benzene ring substituents is 1. The van der Waals surface area contributed by atoms with Crippen molar-refractivity contribution < 1.29 is 24.0 Å². The van der Waals surface area contributed by atoms with Gasteiger partial charge in [0.05, 0.1) is 23.2 Å². The van der Waals surface area contributed by atoms with Crippen LogP contribution in [0.4, 0.5) is 11.4 Å². The quantitative estimate of drug-likeness (QED) is 0.325. The SMILES string of the molecule is CCC1(c2ccc(NC(=O)CSCc3ccc(OC)c([N+](=O)[O-])c3)cc2)CCC(=O)NC1=O. The van der Waals surface area contributed by atoms with Crippen molar-refractivity contribution in [3.8, 4) is 5.75 Å². The lowest BCUT2D eigenvalue weighted by Crippen LogP contribution is -2.51. The van der Waals surface area contributed by atoms with E-state index in [1.807, 2.05) is 6.92 Å². The molecule has 1 fully saturated rings. The van der Waals surface area contributed by atoms with Crippen molar-refractivity contribution in [1.82, 2.24) is 5.32 Å². The van der Waals surface area contributed by atoms with Crippen LogP contribution in [0.5, 0.6) is 5.75 Å². The minimum absolute atomic E-state index is 0.110. The Labute approximate surface area is 195 Å². The number of nitrogens with zero attached hydrogens (tertiary/aromatic N) is 1. The lowest BCUT2D eigenvalue weighted by molar-refractivity contribution is -0.385. The molecule has 1 heterocycles. The number of imide groups is 1. The Balaban J connectivity index is 1.56. The number of nitro groups is 1. The van der Waals surface area contributed by atoms with E-state index in [0.29, 0.717) is 30.7 Å². The minimum Gasteiger partial charge on any atom is -0.490 e. The van der Waals surface area contributed by atoms with Gasteiger partial charge in [-0.2, -0.15) is 0 Å². The van der Waals surface area contributed by atoms with E-state index >= 15 is 0 Å². The molecule has 2 aromatic carbocycles. The van der Waals surface area contributed by atoms with Crippen LogP contribution in [0.15, 0.2) is 42.5 Å². The van der Waals surface area contributed by atoms with Gasteiger partial charge >= 0.3 is 5.69 Å². The average molecular weight is 472 g/mol. The predicted octanol–water partition coefficient (Wildman–Crippen LogP) is 3.56. The van der Waals surface area contributed by atoms with E-state index < -0.39 is 10.3 Å². The van der Waals surface area contributed by atoms with Crippen molar-refractivity contribution >= 4 is 40.9 Å². The highest BCUT2D eigenvalue weighted by atomic mass is 32.2. The molecular formula is C23H25N3O6S. The van der Waals surface area contributed by atoms with Crippen molar-refractivity contribution in [2.24, 2.45) is 0 Å². The Morgan fingerprint density at radius 3 is 2.58 bits per heavy atom. The Hall–Kier alpha value is -3.40. The highest BCUT2D eigenvalue weighted by Crippen LogP contribution is 2.36. The first-order valence-corrected chi connectivity index (χ1v) is 11.6. The van der Waals surface area contributed by atoms with E-state index in [0.717, 1.165) is 11.1 Å². The lowest BCUT2D eigenvalue weighted by atomic mass is 9.72. The van der Waals surface area contributed by atoms with Crippen molar-refractivity contribution in [2.75, 3.05) is 18.2 Å². The van der Waals surface area contributed by atoms with Crippen LogP contribution in [0, 0.1) is 10.1 Å². The molecular weight excluding hydrogens is 446 g/mol. The zero-order chi connectivity index (χ0) is 24.0. The Bertz CT molecular complexity index is 1070. The van der Waals surface area contributed by atoms with E-state index in [-0.39, 0.29) is 34.9 Å². The summed E-state index contributed by atoms with van der Waals surface area (Å²) in [5.41, 5.74) is 1.28. The first kappa shape index (κ1) is 24.2. The van der Waals surface area contributed by atoms with Gasteiger partial charge in [-0.05, 0) is 42.2 Å². The maximum atomic E-state index is 12.5. The number of piperidine rings is 1. The summed E-state index contributed by atoms with van der Waals surface area (Å²) in [7, 11) is 1.38. The predicted molar refractivity (Wildman–Crippen MR) is 125 cm³/mol. The molecule has 0 aliphatic carbocycles. The summed E-state index contributed by atoms with van der Waals surface area (Å²) in [6.45, 7) is 1.92. The van der Waals surface area contributed by atoms with Gasteiger partial charge in [-0.15, -0.1) is 11.8 Å². The van der Waals surface area contributed by atoms with E-state index in [1.54, 1.807) is 36.4 Å². The molecule has 33 heavy (non-hydrogen) atoms. The molecule has 174 valence electrons. The molecule has 1 atom stereocenters. The monoisotopic (exact) mass is 471 g/mol. The normalized spacial score (nSPS) is 17.9. The number of carbonyl (C=O) groups is 3. The number of thioether (sulfide) groups is 1.